The molecule has 0 nitrogen and oxygen atoms in total. The van der Waals surface area contributed by atoms with Crippen LogP contribution >= 0.6 is 0 Å². The zero-order valence-corrected chi connectivity index (χ0v) is 32.1. The summed E-state index contributed by atoms with van der Waals surface area (Å²) < 4.78 is 0. The second-order valence-corrected chi connectivity index (χ2v) is 28.2. The number of hydrogen-bond donors (Lipinski definition) is 0. The molecule has 0 saturated heterocycles. The topological polar surface area (TPSA) is 0 Å². The van der Waals surface area contributed by atoms with Crippen molar-refractivity contribution in [3.63, 3.8) is 0 Å². The number of rotatable bonds is 3. The Hall–Kier alpha value is -2.67. The average molecular weight is 765 g/mol. The second-order valence-electron chi connectivity index (χ2n) is 11.2. The van der Waals surface area contributed by atoms with Crippen molar-refractivity contribution >= 4 is 22.1 Å². The Kier molecular flexibility index (Phi) is 15.1. The van der Waals surface area contributed by atoms with Crippen LogP contribution in [0.15, 0.2) is 152 Å². The van der Waals surface area contributed by atoms with Gasteiger partial charge < -0.3 is 24.8 Å². The van der Waals surface area contributed by atoms with Crippen molar-refractivity contribution in [1.29, 1.82) is 0 Å². The first-order chi connectivity index (χ1) is 21.0. The zero-order valence-electron chi connectivity index (χ0n) is 26.0. The van der Waals surface area contributed by atoms with Gasteiger partial charge in [0.2, 0.25) is 0 Å². The summed E-state index contributed by atoms with van der Waals surface area (Å²) in [4.78, 5) is 0. The normalized spacial score (nSPS) is 15.3. The number of aryl methyl sites for hydroxylation is 1. The third kappa shape index (κ3) is 10.2. The largest absolute Gasteiger partial charge is 1.00 e. The van der Waals surface area contributed by atoms with Gasteiger partial charge in [0.1, 0.15) is 0 Å². The first-order valence-electron chi connectivity index (χ1n) is 14.9. The molecule has 0 saturated carbocycles. The molecule has 2 aliphatic carbocycles. The molecule has 5 aromatic rings. The van der Waals surface area contributed by atoms with Gasteiger partial charge in [-0.2, -0.15) is 17.2 Å². The molecule has 45 heavy (non-hydrogen) atoms. The van der Waals surface area contributed by atoms with Crippen LogP contribution < -0.4 is 24.8 Å². The molecule has 2 unspecified atom stereocenters. The summed E-state index contributed by atoms with van der Waals surface area (Å²) in [7, 11) is -0.243. The number of fused-ring (bicyclic) bond motifs is 2. The van der Waals surface area contributed by atoms with Gasteiger partial charge in [0.15, 0.2) is 0 Å². The van der Waals surface area contributed by atoms with Gasteiger partial charge >= 0.3 is 43.1 Å². The Morgan fingerprint density at radius 2 is 1.00 bits per heavy atom. The molecule has 0 spiro atoms. The molecular formula is C41H38Cl2GeZr-2. The van der Waals surface area contributed by atoms with Crippen LogP contribution in [0.3, 0.4) is 0 Å². The van der Waals surface area contributed by atoms with E-state index < -0.39 is 0 Å². The number of benzene rings is 3. The predicted octanol–water partition coefficient (Wildman–Crippen LogP) is 5.01. The van der Waals surface area contributed by atoms with Crippen molar-refractivity contribution in [1.82, 2.24) is 0 Å². The summed E-state index contributed by atoms with van der Waals surface area (Å²) in [5.41, 5.74) is 12.1. The molecule has 0 aromatic heterocycles. The first-order valence-corrected chi connectivity index (χ1v) is 26.6. The van der Waals surface area contributed by atoms with E-state index in [1.54, 1.807) is 21.6 Å². The smallest absolute Gasteiger partial charge is 1.00 e. The molecule has 5 aromatic carbocycles. The molecule has 0 radical (unpaired) electrons. The van der Waals surface area contributed by atoms with E-state index in [2.05, 4.69) is 182 Å². The van der Waals surface area contributed by atoms with Crippen molar-refractivity contribution in [2.75, 3.05) is 0 Å². The van der Waals surface area contributed by atoms with Gasteiger partial charge in [-0.25, -0.2) is 0 Å². The van der Waals surface area contributed by atoms with Crippen LogP contribution in [0.4, 0.5) is 0 Å². The van der Waals surface area contributed by atoms with E-state index in [1.807, 2.05) is 0 Å². The minimum absolute atomic E-state index is 0. The zero-order chi connectivity index (χ0) is 30.0. The fraction of sp³-hybridized carbons (Fsp3) is 0.122. The van der Waals surface area contributed by atoms with E-state index in [1.165, 1.54) is 50.1 Å². The van der Waals surface area contributed by atoms with Gasteiger partial charge in [-0.15, -0.1) is 58.7 Å². The quantitative estimate of drug-likeness (QED) is 0.179. The van der Waals surface area contributed by atoms with Crippen molar-refractivity contribution in [2.45, 2.75) is 30.3 Å². The van der Waals surface area contributed by atoms with Gasteiger partial charge in [0.25, 0.3) is 0 Å². The molecule has 0 aliphatic heterocycles. The maximum atomic E-state index is 2.37. The second kappa shape index (κ2) is 18.5. The Balaban J connectivity index is 0.000000216. The minimum atomic E-state index is -0.243. The third-order valence-electron chi connectivity index (χ3n) is 7.53. The van der Waals surface area contributed by atoms with Crippen LogP contribution in [-0.2, 0) is 21.6 Å². The molecule has 2 aliphatic rings. The van der Waals surface area contributed by atoms with Crippen molar-refractivity contribution in [3.8, 4) is 11.1 Å². The maximum Gasteiger partial charge on any atom is -1.00 e. The number of hydrogen-bond acceptors (Lipinski definition) is 0. The molecule has 226 valence electrons. The van der Waals surface area contributed by atoms with E-state index in [9.17, 15) is 0 Å². The van der Waals surface area contributed by atoms with E-state index >= 15 is 0 Å². The molecule has 0 amide bonds. The predicted molar refractivity (Wildman–Crippen MR) is 185 cm³/mol. The van der Waals surface area contributed by atoms with Crippen molar-refractivity contribution in [3.05, 3.63) is 191 Å². The van der Waals surface area contributed by atoms with Crippen LogP contribution in [0.1, 0.15) is 50.8 Å². The minimum Gasteiger partial charge on any atom is -1.00 e. The molecule has 7 rings (SSSR count). The number of halogens is 2. The Morgan fingerprint density at radius 3 is 1.49 bits per heavy atom. The van der Waals surface area contributed by atoms with E-state index in [0.29, 0.717) is 11.8 Å². The maximum absolute atomic E-state index is 2.37. The van der Waals surface area contributed by atoms with Crippen molar-refractivity contribution in [2.24, 2.45) is 0 Å². The van der Waals surface area contributed by atoms with Gasteiger partial charge in [-0.1, -0.05) is 134 Å². The summed E-state index contributed by atoms with van der Waals surface area (Å²) in [6.07, 6.45) is 17.5. The fourth-order valence-electron chi connectivity index (χ4n) is 5.65. The summed E-state index contributed by atoms with van der Waals surface area (Å²) in [5.74, 6) is 5.45. The van der Waals surface area contributed by atoms with Gasteiger partial charge in [-0.05, 0) is 23.0 Å². The standard InChI is InChI=1S/C22H17.C17H15.C2H6Ge.2ClH.Zr/c1-3-9-17(10-4-1)20-15-19-13-7-8-14-21(22(19)16-20)18-11-5-2-6-12-18;1-13-11-15-9-5-6-10-16(17(15)12-13)14-7-3-2-4-8-14;1-3-2;;;/h1-16,21H;2-12,16H,1H3;1-2H3;2*1H;/q2*-1;;;;+2/p-2. The SMILES string of the molecule is C1=Cc2[cH-]c(-c3ccccc3)cc2C(c2ccccc2)C=C1.Cc1cc2c([cH-]1)C=CC=CC2c1ccccc1.[CH3][Ge]([CH3])=[Zr+2].[Cl-].[Cl-]. The molecule has 0 bridgehead atoms. The molecule has 2 atom stereocenters. The molecule has 0 fully saturated rings. The summed E-state index contributed by atoms with van der Waals surface area (Å²) in [6, 6.07) is 41.2. The molecule has 0 heterocycles. The van der Waals surface area contributed by atoms with E-state index in [4.69, 9.17) is 0 Å². The molecule has 4 heteroatoms. The van der Waals surface area contributed by atoms with Gasteiger partial charge in [0.05, 0.1) is 0 Å². The van der Waals surface area contributed by atoms with Gasteiger partial charge in [-0.3, -0.25) is 0 Å². The summed E-state index contributed by atoms with van der Waals surface area (Å²) in [6.45, 7) is 2.16. The third-order valence-corrected chi connectivity index (χ3v) is 7.53. The molecular weight excluding hydrogens is 727 g/mol. The van der Waals surface area contributed by atoms with E-state index in [0.717, 1.165) is 0 Å². The van der Waals surface area contributed by atoms with Gasteiger partial charge in [0, 0.05) is 0 Å². The first kappa shape index (κ1) is 36.8. The van der Waals surface area contributed by atoms with Crippen LogP contribution in [0, 0.1) is 6.92 Å². The Labute approximate surface area is 298 Å². The summed E-state index contributed by atoms with van der Waals surface area (Å²) >= 11 is 1.80. The van der Waals surface area contributed by atoms with Crippen LogP contribution in [-0.4, -0.2) is 9.98 Å². The molecule has 0 N–H and O–H groups in total. The van der Waals surface area contributed by atoms with Crippen LogP contribution in [0.25, 0.3) is 23.3 Å². The Bertz CT molecular complexity index is 1750. The average Bonchev–Trinajstić information content (AvgIpc) is 3.48. The monoisotopic (exact) mass is 764 g/mol. The van der Waals surface area contributed by atoms with Crippen LogP contribution in [0.5, 0.6) is 0 Å². The van der Waals surface area contributed by atoms with Crippen LogP contribution in [0.2, 0.25) is 11.5 Å². The number of allylic oxidation sites excluding steroid dienone is 6. The summed E-state index contributed by atoms with van der Waals surface area (Å²) in [5, 5.41) is 0. The fourth-order valence-corrected chi connectivity index (χ4v) is 5.65. The van der Waals surface area contributed by atoms with Crippen molar-refractivity contribution < 1.29 is 46.4 Å². The van der Waals surface area contributed by atoms with E-state index in [-0.39, 0.29) is 34.8 Å². The Morgan fingerprint density at radius 1 is 0.578 bits per heavy atom.